The molecule has 1 aliphatic carbocycles. The number of nitriles is 1. The van der Waals surface area contributed by atoms with E-state index >= 15 is 0 Å². The van der Waals surface area contributed by atoms with Gasteiger partial charge in [0.1, 0.15) is 0 Å². The van der Waals surface area contributed by atoms with Gasteiger partial charge in [-0.3, -0.25) is 4.98 Å². The fourth-order valence-electron chi connectivity index (χ4n) is 4.79. The average molecular weight is 408 g/mol. The second-order valence-corrected chi connectivity index (χ2v) is 10.2. The lowest BCUT2D eigenvalue weighted by Gasteiger charge is -2.39. The highest BCUT2D eigenvalue weighted by Gasteiger charge is 2.50. The van der Waals surface area contributed by atoms with E-state index in [2.05, 4.69) is 29.6 Å². The van der Waals surface area contributed by atoms with E-state index in [0.29, 0.717) is 23.9 Å². The number of hydrogen-bond acceptors (Lipinski definition) is 4. The highest BCUT2D eigenvalue weighted by Crippen LogP contribution is 2.44. The van der Waals surface area contributed by atoms with Gasteiger partial charge in [0.15, 0.2) is 0 Å². The molecular weight excluding hydrogens is 382 g/mol. The molecule has 1 saturated heterocycles. The standard InChI is InChI=1S/C23H25N3O2S/c1-15-11-19-14-26-29(27,28)23(19)21(16(15)2)10-9-20-8-7-18(13-25-20)22-6-4-3-5-17(22)12-24/h3-10,13,15-16,19,21,23,26H,11,14H2,1-2H3/b10-9+/t15-,16+,19+,21-,23-/m0/s1. The fourth-order valence-corrected chi connectivity index (χ4v) is 6.89. The number of fused-ring (bicyclic) bond motifs is 1. The van der Waals surface area contributed by atoms with E-state index in [9.17, 15) is 13.7 Å². The van der Waals surface area contributed by atoms with Crippen LogP contribution in [0.5, 0.6) is 0 Å². The first kappa shape index (κ1) is 19.8. The van der Waals surface area contributed by atoms with Crippen molar-refractivity contribution < 1.29 is 8.42 Å². The van der Waals surface area contributed by atoms with E-state index in [1.54, 1.807) is 12.3 Å². The van der Waals surface area contributed by atoms with E-state index in [1.807, 2.05) is 42.5 Å². The third kappa shape index (κ3) is 3.73. The normalized spacial score (nSPS) is 30.7. The Morgan fingerprint density at radius 1 is 1.21 bits per heavy atom. The van der Waals surface area contributed by atoms with Gasteiger partial charge in [-0.15, -0.1) is 0 Å². The molecule has 2 aromatic rings. The Morgan fingerprint density at radius 2 is 2.00 bits per heavy atom. The van der Waals surface area contributed by atoms with E-state index in [0.717, 1.165) is 23.2 Å². The first-order valence-corrected chi connectivity index (χ1v) is 11.6. The molecule has 0 amide bonds. The summed E-state index contributed by atoms with van der Waals surface area (Å²) in [6.07, 6.45) is 6.69. The monoisotopic (exact) mass is 407 g/mol. The highest BCUT2D eigenvalue weighted by atomic mass is 32.2. The molecule has 0 radical (unpaired) electrons. The van der Waals surface area contributed by atoms with Crippen LogP contribution in [0.25, 0.3) is 17.2 Å². The lowest BCUT2D eigenvalue weighted by Crippen LogP contribution is -2.42. The van der Waals surface area contributed by atoms with Crippen molar-refractivity contribution in [1.29, 1.82) is 5.26 Å². The van der Waals surface area contributed by atoms with E-state index in [1.165, 1.54) is 0 Å². The van der Waals surface area contributed by atoms with Crippen LogP contribution in [-0.4, -0.2) is 25.2 Å². The van der Waals surface area contributed by atoms with Crippen molar-refractivity contribution in [1.82, 2.24) is 9.71 Å². The quantitative estimate of drug-likeness (QED) is 0.838. The van der Waals surface area contributed by atoms with Crippen molar-refractivity contribution in [2.75, 3.05) is 6.54 Å². The summed E-state index contributed by atoms with van der Waals surface area (Å²) in [4.78, 5) is 4.52. The van der Waals surface area contributed by atoms with Crippen LogP contribution >= 0.6 is 0 Å². The van der Waals surface area contributed by atoms with Gasteiger partial charge >= 0.3 is 0 Å². The summed E-state index contributed by atoms with van der Waals surface area (Å²) in [6.45, 7) is 4.92. The van der Waals surface area contributed by atoms with Crippen molar-refractivity contribution in [3.05, 3.63) is 59.9 Å². The van der Waals surface area contributed by atoms with Crippen LogP contribution in [0, 0.1) is 35.0 Å². The van der Waals surface area contributed by atoms with Gasteiger partial charge in [0.05, 0.1) is 22.6 Å². The Morgan fingerprint density at radius 3 is 2.72 bits per heavy atom. The van der Waals surface area contributed by atoms with Gasteiger partial charge in [-0.1, -0.05) is 44.2 Å². The maximum absolute atomic E-state index is 12.5. The molecule has 1 saturated carbocycles. The van der Waals surface area contributed by atoms with Crippen LogP contribution in [0.3, 0.4) is 0 Å². The van der Waals surface area contributed by atoms with Crippen molar-refractivity contribution >= 4 is 16.1 Å². The first-order chi connectivity index (χ1) is 13.9. The van der Waals surface area contributed by atoms with Crippen molar-refractivity contribution in [3.8, 4) is 17.2 Å². The van der Waals surface area contributed by atoms with Crippen molar-refractivity contribution in [2.24, 2.45) is 23.7 Å². The Kier molecular flexibility index (Phi) is 5.28. The second kappa shape index (κ2) is 7.74. The molecule has 5 atom stereocenters. The number of benzene rings is 1. The molecule has 2 fully saturated rings. The summed E-state index contributed by atoms with van der Waals surface area (Å²) >= 11 is 0. The predicted molar refractivity (Wildman–Crippen MR) is 114 cm³/mol. The lowest BCUT2D eigenvalue weighted by atomic mass is 9.68. The van der Waals surface area contributed by atoms with Gasteiger partial charge in [-0.2, -0.15) is 5.26 Å². The third-order valence-corrected chi connectivity index (χ3v) is 8.55. The Labute approximate surface area is 172 Å². The molecule has 0 bridgehead atoms. The predicted octanol–water partition coefficient (Wildman–Crippen LogP) is 3.84. The van der Waals surface area contributed by atoms with Crippen molar-refractivity contribution in [3.63, 3.8) is 0 Å². The highest BCUT2D eigenvalue weighted by molar-refractivity contribution is 7.90. The van der Waals surface area contributed by atoms with Crippen LogP contribution in [-0.2, 0) is 10.0 Å². The van der Waals surface area contributed by atoms with Crippen molar-refractivity contribution in [2.45, 2.75) is 25.5 Å². The Balaban J connectivity index is 1.59. The molecule has 2 aliphatic rings. The summed E-state index contributed by atoms with van der Waals surface area (Å²) in [7, 11) is -3.26. The van der Waals surface area contributed by atoms with Gasteiger partial charge in [0.25, 0.3) is 0 Å². The van der Waals surface area contributed by atoms with Gasteiger partial charge in [0.2, 0.25) is 10.0 Å². The maximum atomic E-state index is 12.5. The SMILES string of the molecule is C[C@H]1[C@H](/C=C/c2ccc(-c3ccccc3C#N)cn2)[C@@H]2[C@@H](CNS2(=O)=O)C[C@@H]1C. The molecule has 1 aliphatic heterocycles. The largest absolute Gasteiger partial charge is 0.256 e. The Hall–Kier alpha value is -2.49. The molecule has 1 N–H and O–H groups in total. The number of rotatable bonds is 3. The summed E-state index contributed by atoms with van der Waals surface area (Å²) in [5.74, 6) is 0.936. The number of sulfonamides is 1. The van der Waals surface area contributed by atoms with Crippen LogP contribution in [0.15, 0.2) is 48.7 Å². The molecule has 1 aromatic heterocycles. The fraction of sp³-hybridized carbons (Fsp3) is 0.391. The molecule has 6 heteroatoms. The minimum absolute atomic E-state index is 0.0236. The smallest absolute Gasteiger partial charge is 0.215 e. The van der Waals surface area contributed by atoms with E-state index in [4.69, 9.17) is 0 Å². The van der Waals surface area contributed by atoms with E-state index in [-0.39, 0.29) is 17.1 Å². The third-order valence-electron chi connectivity index (χ3n) is 6.56. The zero-order valence-electron chi connectivity index (χ0n) is 16.6. The van der Waals surface area contributed by atoms with Gasteiger partial charge in [-0.25, -0.2) is 13.1 Å². The van der Waals surface area contributed by atoms with Crippen LogP contribution in [0.1, 0.15) is 31.5 Å². The minimum Gasteiger partial charge on any atom is -0.256 e. The number of nitrogens with one attached hydrogen (secondary N) is 1. The number of pyridine rings is 1. The molecule has 4 rings (SSSR count). The number of hydrogen-bond donors (Lipinski definition) is 1. The summed E-state index contributed by atoms with van der Waals surface area (Å²) < 4.78 is 27.8. The molecule has 2 heterocycles. The number of aromatic nitrogens is 1. The van der Waals surface area contributed by atoms with Crippen LogP contribution < -0.4 is 4.72 Å². The average Bonchev–Trinajstić information content (AvgIpc) is 3.03. The van der Waals surface area contributed by atoms with Gasteiger partial charge < -0.3 is 0 Å². The van der Waals surface area contributed by atoms with Crippen LogP contribution in [0.2, 0.25) is 0 Å². The van der Waals surface area contributed by atoms with E-state index < -0.39 is 10.0 Å². The summed E-state index contributed by atoms with van der Waals surface area (Å²) in [5.41, 5.74) is 3.15. The molecule has 150 valence electrons. The molecular formula is C23H25N3O2S. The van der Waals surface area contributed by atoms with Gasteiger partial charge in [-0.05, 0) is 48.3 Å². The molecule has 0 spiro atoms. The lowest BCUT2D eigenvalue weighted by molar-refractivity contribution is 0.175. The molecule has 0 unspecified atom stereocenters. The molecule has 1 aromatic carbocycles. The summed E-state index contributed by atoms with van der Waals surface area (Å²) in [5, 5.41) is 8.94. The first-order valence-electron chi connectivity index (χ1n) is 10.0. The Bertz CT molecular complexity index is 1070. The maximum Gasteiger partial charge on any atom is 0.215 e. The zero-order valence-corrected chi connectivity index (χ0v) is 17.4. The molecule has 29 heavy (non-hydrogen) atoms. The topological polar surface area (TPSA) is 82.8 Å². The second-order valence-electron chi connectivity index (χ2n) is 8.26. The number of nitrogens with zero attached hydrogens (tertiary/aromatic N) is 2. The summed E-state index contributed by atoms with van der Waals surface area (Å²) in [6, 6.07) is 13.5. The number of allylic oxidation sites excluding steroid dienone is 1. The van der Waals surface area contributed by atoms with Gasteiger partial charge in [0, 0.05) is 23.9 Å². The van der Waals surface area contributed by atoms with Crippen LogP contribution in [0.4, 0.5) is 0 Å². The zero-order chi connectivity index (χ0) is 20.6. The molecule has 5 nitrogen and oxygen atoms in total. The minimum atomic E-state index is -3.26.